The quantitative estimate of drug-likeness (QED) is 0.127. The summed E-state index contributed by atoms with van der Waals surface area (Å²) < 4.78 is 0. The molecule has 0 spiro atoms. The second kappa shape index (κ2) is 15.2. The lowest BCUT2D eigenvalue weighted by Gasteiger charge is -2.35. The number of benzene rings is 4. The van der Waals surface area contributed by atoms with Crippen LogP contribution in [0, 0.1) is 5.41 Å². The summed E-state index contributed by atoms with van der Waals surface area (Å²) in [4.78, 5) is 29.4. The van der Waals surface area contributed by atoms with E-state index in [1.165, 1.54) is 0 Å². The first-order valence-electron chi connectivity index (χ1n) is 15.6. The molecule has 3 atom stereocenters. The van der Waals surface area contributed by atoms with Gasteiger partial charge in [-0.15, -0.1) is 0 Å². The van der Waals surface area contributed by atoms with E-state index >= 15 is 0 Å². The standard InChI is InChI=1S/C37H42N6O2/c1-2-32(42-37(38)39)34-36(45)43(35(29-14-8-4-9-15-29)30-16-10-5-11-17-30)23-22-31(41-34)25-40-33(44)24-26-18-20-28(21-19-26)27-12-6-3-7-13-27/h3-21,31-32,34-35,41H,2,22-25H2,1H3,(H,40,44)(H4,38,39,42)/t31-,32?,34-/m1/s1. The van der Waals surface area contributed by atoms with E-state index in [1.54, 1.807) is 0 Å². The zero-order chi connectivity index (χ0) is 31.6. The average Bonchev–Trinajstić information content (AvgIpc) is 3.23. The Labute approximate surface area is 265 Å². The van der Waals surface area contributed by atoms with E-state index in [1.807, 2.05) is 115 Å². The van der Waals surface area contributed by atoms with Crippen molar-refractivity contribution in [2.75, 3.05) is 13.1 Å². The Bertz CT molecular complexity index is 1510. The molecular formula is C37H42N6O2. The second-order valence-electron chi connectivity index (χ2n) is 11.5. The largest absolute Gasteiger partial charge is 0.370 e. The summed E-state index contributed by atoms with van der Waals surface area (Å²) >= 11 is 0. The fourth-order valence-electron chi connectivity index (χ4n) is 6.07. The third-order valence-corrected chi connectivity index (χ3v) is 8.38. The molecule has 45 heavy (non-hydrogen) atoms. The van der Waals surface area contributed by atoms with E-state index in [0.717, 1.165) is 27.8 Å². The monoisotopic (exact) mass is 602 g/mol. The van der Waals surface area contributed by atoms with E-state index in [2.05, 4.69) is 28.1 Å². The Kier molecular flexibility index (Phi) is 10.6. The molecule has 1 fully saturated rings. The summed E-state index contributed by atoms with van der Waals surface area (Å²) in [6.45, 7) is 2.84. The topological polar surface area (TPSA) is 123 Å². The maximum absolute atomic E-state index is 14.4. The molecule has 1 aliphatic rings. The average molecular weight is 603 g/mol. The van der Waals surface area contributed by atoms with Crippen molar-refractivity contribution in [3.8, 4) is 11.1 Å². The highest BCUT2D eigenvalue weighted by Crippen LogP contribution is 2.31. The van der Waals surface area contributed by atoms with Gasteiger partial charge in [0.15, 0.2) is 5.96 Å². The van der Waals surface area contributed by atoms with Gasteiger partial charge in [-0.2, -0.15) is 0 Å². The molecule has 1 aliphatic heterocycles. The molecular weight excluding hydrogens is 560 g/mol. The second-order valence-corrected chi connectivity index (χ2v) is 11.5. The van der Waals surface area contributed by atoms with Crippen LogP contribution < -0.4 is 21.7 Å². The van der Waals surface area contributed by atoms with Crippen molar-refractivity contribution in [2.45, 2.75) is 50.4 Å². The lowest BCUT2D eigenvalue weighted by molar-refractivity contribution is -0.135. The first kappa shape index (κ1) is 31.5. The van der Waals surface area contributed by atoms with Crippen LogP contribution in [0.1, 0.15) is 42.5 Å². The molecule has 0 bridgehead atoms. The van der Waals surface area contributed by atoms with Gasteiger partial charge in [0.05, 0.1) is 18.5 Å². The Hall–Kier alpha value is -4.95. The number of carbonyl (C=O) groups is 2. The van der Waals surface area contributed by atoms with E-state index in [9.17, 15) is 9.59 Å². The van der Waals surface area contributed by atoms with Crippen molar-refractivity contribution >= 4 is 17.8 Å². The smallest absolute Gasteiger partial charge is 0.242 e. The minimum Gasteiger partial charge on any atom is -0.370 e. The van der Waals surface area contributed by atoms with Gasteiger partial charge in [-0.25, -0.2) is 0 Å². The van der Waals surface area contributed by atoms with Crippen LogP contribution in [0.25, 0.3) is 11.1 Å². The highest BCUT2D eigenvalue weighted by molar-refractivity contribution is 5.85. The van der Waals surface area contributed by atoms with Crippen molar-refractivity contribution in [1.29, 1.82) is 5.41 Å². The van der Waals surface area contributed by atoms with Gasteiger partial charge >= 0.3 is 0 Å². The van der Waals surface area contributed by atoms with Crippen molar-refractivity contribution in [3.05, 3.63) is 132 Å². The number of hydrogen-bond acceptors (Lipinski definition) is 4. The van der Waals surface area contributed by atoms with Gasteiger partial charge in [0.25, 0.3) is 0 Å². The zero-order valence-corrected chi connectivity index (χ0v) is 25.7. The Morgan fingerprint density at radius 1 is 0.889 bits per heavy atom. The van der Waals surface area contributed by atoms with Crippen LogP contribution in [-0.2, 0) is 16.0 Å². The highest BCUT2D eigenvalue weighted by Gasteiger charge is 2.39. The van der Waals surface area contributed by atoms with Crippen molar-refractivity contribution in [2.24, 2.45) is 5.73 Å². The maximum Gasteiger partial charge on any atom is 0.242 e. The predicted octanol–water partition coefficient (Wildman–Crippen LogP) is 4.62. The molecule has 0 aromatic heterocycles. The molecule has 0 aliphatic carbocycles. The number of nitrogens with zero attached hydrogens (tertiary/aromatic N) is 1. The lowest BCUT2D eigenvalue weighted by atomic mass is 9.95. The Morgan fingerprint density at radius 3 is 2.00 bits per heavy atom. The van der Waals surface area contributed by atoms with Gasteiger partial charge in [0, 0.05) is 19.1 Å². The first-order chi connectivity index (χ1) is 21.9. The van der Waals surface area contributed by atoms with Crippen LogP contribution in [0.5, 0.6) is 0 Å². The number of nitrogens with one attached hydrogen (secondary N) is 4. The SMILES string of the molecule is CCC(NC(=N)N)[C@H]1N[C@@H](CNC(=O)Cc2ccc(-c3ccccc3)cc2)CCN(C(c2ccccc2)c2ccccc2)C1=O. The first-order valence-corrected chi connectivity index (χ1v) is 15.6. The minimum atomic E-state index is -0.649. The zero-order valence-electron chi connectivity index (χ0n) is 25.7. The normalized spacial score (nSPS) is 17.4. The Balaban J connectivity index is 1.32. The number of carbonyl (C=O) groups excluding carboxylic acids is 2. The van der Waals surface area contributed by atoms with Gasteiger partial charge in [0.2, 0.25) is 11.8 Å². The molecule has 8 nitrogen and oxygen atoms in total. The minimum absolute atomic E-state index is 0.0689. The highest BCUT2D eigenvalue weighted by atomic mass is 16.2. The third-order valence-electron chi connectivity index (χ3n) is 8.38. The number of hydrogen-bond donors (Lipinski definition) is 5. The van der Waals surface area contributed by atoms with Crippen LogP contribution in [0.3, 0.4) is 0 Å². The molecule has 232 valence electrons. The molecule has 4 aromatic carbocycles. The third kappa shape index (κ3) is 8.16. The molecule has 0 saturated carbocycles. The van der Waals surface area contributed by atoms with Crippen LogP contribution in [-0.4, -0.2) is 53.9 Å². The summed E-state index contributed by atoms with van der Waals surface area (Å²) in [7, 11) is 0. The van der Waals surface area contributed by atoms with Crippen molar-refractivity contribution < 1.29 is 9.59 Å². The van der Waals surface area contributed by atoms with Crippen molar-refractivity contribution in [1.82, 2.24) is 20.9 Å². The molecule has 8 heteroatoms. The molecule has 1 saturated heterocycles. The molecule has 0 radical (unpaired) electrons. The van der Waals surface area contributed by atoms with E-state index < -0.39 is 12.1 Å². The summed E-state index contributed by atoms with van der Waals surface area (Å²) in [6, 6.07) is 36.8. The summed E-state index contributed by atoms with van der Waals surface area (Å²) in [5.74, 6) is -0.327. The molecule has 6 N–H and O–H groups in total. The molecule has 1 unspecified atom stereocenters. The van der Waals surface area contributed by atoms with E-state index in [0.29, 0.717) is 25.9 Å². The van der Waals surface area contributed by atoms with Gasteiger partial charge in [-0.05, 0) is 40.7 Å². The summed E-state index contributed by atoms with van der Waals surface area (Å²) in [5.41, 5.74) is 11.0. The Morgan fingerprint density at radius 2 is 1.44 bits per heavy atom. The van der Waals surface area contributed by atoms with Gasteiger partial charge < -0.3 is 21.3 Å². The summed E-state index contributed by atoms with van der Waals surface area (Å²) in [5, 5.41) is 17.5. The van der Waals surface area contributed by atoms with Crippen LogP contribution in [0.15, 0.2) is 115 Å². The van der Waals surface area contributed by atoms with Crippen LogP contribution >= 0.6 is 0 Å². The lowest BCUT2D eigenvalue weighted by Crippen LogP contribution is -2.60. The van der Waals surface area contributed by atoms with Crippen LogP contribution in [0.4, 0.5) is 0 Å². The van der Waals surface area contributed by atoms with E-state index in [-0.39, 0.29) is 36.3 Å². The molecule has 4 aromatic rings. The molecule has 2 amide bonds. The van der Waals surface area contributed by atoms with Crippen LogP contribution in [0.2, 0.25) is 0 Å². The van der Waals surface area contributed by atoms with Gasteiger partial charge in [-0.3, -0.25) is 20.3 Å². The number of amides is 2. The van der Waals surface area contributed by atoms with Gasteiger partial charge in [-0.1, -0.05) is 122 Å². The summed E-state index contributed by atoms with van der Waals surface area (Å²) in [6.07, 6.45) is 1.49. The fraction of sp³-hybridized carbons (Fsp3) is 0.270. The molecule has 5 rings (SSSR count). The molecule has 1 heterocycles. The number of guanidine groups is 1. The number of nitrogens with two attached hydrogens (primary N) is 1. The van der Waals surface area contributed by atoms with E-state index in [4.69, 9.17) is 11.1 Å². The predicted molar refractivity (Wildman–Crippen MR) is 179 cm³/mol. The maximum atomic E-state index is 14.4. The fourth-order valence-corrected chi connectivity index (χ4v) is 6.07. The number of rotatable bonds is 11. The van der Waals surface area contributed by atoms with Gasteiger partial charge in [0.1, 0.15) is 6.04 Å². The van der Waals surface area contributed by atoms with Crippen molar-refractivity contribution in [3.63, 3.8) is 0 Å².